The number of hydrogen-bond acceptors (Lipinski definition) is 4. The minimum Gasteiger partial charge on any atom is -0.435 e. The third kappa shape index (κ3) is 5.37. The van der Waals surface area contributed by atoms with Crippen molar-refractivity contribution in [3.8, 4) is 0 Å². The maximum Gasteiger partial charge on any atom is 0.508 e. The van der Waals surface area contributed by atoms with E-state index in [2.05, 4.69) is 14.8 Å². The molecule has 4 nitrogen and oxygen atoms in total. The quantitative estimate of drug-likeness (QED) is 0.587. The van der Waals surface area contributed by atoms with Gasteiger partial charge >= 0.3 is 6.16 Å². The SMILES string of the molecule is [2H]C([2H])(CNC)OC(=O)OCC. The molecule has 0 aromatic carbocycles. The molecule has 0 radical (unpaired) electrons. The summed E-state index contributed by atoms with van der Waals surface area (Å²) in [7, 11) is 1.56. The molecule has 0 heterocycles. The van der Waals surface area contributed by atoms with E-state index in [-0.39, 0.29) is 13.2 Å². The van der Waals surface area contributed by atoms with Crippen molar-refractivity contribution in [3.63, 3.8) is 0 Å². The van der Waals surface area contributed by atoms with E-state index in [0.717, 1.165) is 0 Å². The van der Waals surface area contributed by atoms with Crippen LogP contribution in [-0.2, 0) is 9.47 Å². The maximum atomic E-state index is 10.6. The first-order chi connectivity index (χ1) is 5.52. The predicted octanol–water partition coefficient (Wildman–Crippen LogP) is 0.379. The Morgan fingerprint density at radius 2 is 2.40 bits per heavy atom. The molecule has 0 aliphatic carbocycles. The summed E-state index contributed by atoms with van der Waals surface area (Å²) in [6.07, 6.45) is -0.988. The van der Waals surface area contributed by atoms with Crippen molar-refractivity contribution in [1.82, 2.24) is 5.32 Å². The van der Waals surface area contributed by atoms with E-state index in [4.69, 9.17) is 2.74 Å². The van der Waals surface area contributed by atoms with E-state index in [9.17, 15) is 4.79 Å². The Morgan fingerprint density at radius 1 is 1.70 bits per heavy atom. The van der Waals surface area contributed by atoms with Crippen molar-refractivity contribution in [2.24, 2.45) is 0 Å². The lowest BCUT2D eigenvalue weighted by Gasteiger charge is -2.02. The van der Waals surface area contributed by atoms with Crippen LogP contribution in [0.5, 0.6) is 0 Å². The van der Waals surface area contributed by atoms with E-state index in [1.807, 2.05) is 0 Å². The summed E-state index contributed by atoms with van der Waals surface area (Å²) in [5.41, 5.74) is 0. The number of likely N-dealkylation sites (N-methyl/N-ethyl adjacent to an activating group) is 1. The number of rotatable bonds is 4. The second-order valence-electron chi connectivity index (χ2n) is 1.46. The zero-order valence-corrected chi connectivity index (χ0v) is 6.14. The Bertz CT molecular complexity index is 152. The summed E-state index contributed by atoms with van der Waals surface area (Å²) in [5.74, 6) is 0. The molecule has 0 aliphatic heterocycles. The van der Waals surface area contributed by atoms with Crippen LogP contribution in [0.1, 0.15) is 9.67 Å². The standard InChI is InChI=1S/C6H13NO3/c1-3-9-6(8)10-5-4-7-2/h7H,3-5H2,1-2H3/i5D2. The minimum atomic E-state index is -2.01. The molecular weight excluding hydrogens is 134 g/mol. The van der Waals surface area contributed by atoms with Crippen LogP contribution in [0.2, 0.25) is 0 Å². The molecule has 0 aromatic heterocycles. The lowest BCUT2D eigenvalue weighted by molar-refractivity contribution is 0.0601. The van der Waals surface area contributed by atoms with Crippen molar-refractivity contribution < 1.29 is 17.0 Å². The minimum absolute atomic E-state index is 0.0637. The maximum absolute atomic E-state index is 10.6. The van der Waals surface area contributed by atoms with Gasteiger partial charge in [0.25, 0.3) is 0 Å². The lowest BCUT2D eigenvalue weighted by Crippen LogP contribution is -2.17. The predicted molar refractivity (Wildman–Crippen MR) is 36.9 cm³/mol. The van der Waals surface area contributed by atoms with Crippen LogP contribution in [0.4, 0.5) is 4.79 Å². The summed E-state index contributed by atoms with van der Waals surface area (Å²) < 4.78 is 23.0. The van der Waals surface area contributed by atoms with Crippen LogP contribution in [0, 0.1) is 0 Å². The number of carbonyl (C=O) groups is 1. The van der Waals surface area contributed by atoms with E-state index >= 15 is 0 Å². The van der Waals surface area contributed by atoms with Gasteiger partial charge in [-0.2, -0.15) is 0 Å². The van der Waals surface area contributed by atoms with E-state index in [1.165, 1.54) is 0 Å². The van der Waals surface area contributed by atoms with Crippen molar-refractivity contribution in [2.75, 3.05) is 26.8 Å². The molecule has 0 amide bonds. The Hall–Kier alpha value is -0.770. The molecule has 0 atom stereocenters. The van der Waals surface area contributed by atoms with Crippen molar-refractivity contribution >= 4 is 6.16 Å². The van der Waals surface area contributed by atoms with Crippen LogP contribution in [0.25, 0.3) is 0 Å². The molecule has 60 valence electrons. The molecule has 10 heavy (non-hydrogen) atoms. The Kier molecular flexibility index (Phi) is 3.79. The van der Waals surface area contributed by atoms with Gasteiger partial charge in [0.15, 0.2) is 0 Å². The number of carbonyl (C=O) groups excluding carboxylic acids is 1. The first-order valence-corrected chi connectivity index (χ1v) is 3.02. The highest BCUT2D eigenvalue weighted by Gasteiger charge is 1.98. The van der Waals surface area contributed by atoms with Crippen LogP contribution >= 0.6 is 0 Å². The Morgan fingerprint density at radius 3 is 2.90 bits per heavy atom. The third-order valence-corrected chi connectivity index (χ3v) is 0.667. The zero-order chi connectivity index (χ0) is 9.61. The fourth-order valence-electron chi connectivity index (χ4n) is 0.314. The Labute approximate surface area is 63.3 Å². The molecule has 0 saturated heterocycles. The van der Waals surface area contributed by atoms with Gasteiger partial charge < -0.3 is 14.8 Å². The van der Waals surface area contributed by atoms with E-state index in [1.54, 1.807) is 14.0 Å². The van der Waals surface area contributed by atoms with Crippen molar-refractivity contribution in [1.29, 1.82) is 0 Å². The molecule has 0 aliphatic rings. The van der Waals surface area contributed by atoms with Gasteiger partial charge in [-0.25, -0.2) is 4.79 Å². The molecule has 0 aromatic rings. The Balaban J connectivity index is 3.79. The van der Waals surface area contributed by atoms with Gasteiger partial charge in [-0.3, -0.25) is 0 Å². The molecule has 0 spiro atoms. The van der Waals surface area contributed by atoms with Crippen LogP contribution in [0.15, 0.2) is 0 Å². The second kappa shape index (κ2) is 6.35. The van der Waals surface area contributed by atoms with Gasteiger partial charge in [0, 0.05) is 6.54 Å². The average molecular weight is 149 g/mol. The number of hydrogen-bond donors (Lipinski definition) is 1. The van der Waals surface area contributed by atoms with Crippen LogP contribution < -0.4 is 5.32 Å². The summed E-state index contributed by atoms with van der Waals surface area (Å²) in [6, 6.07) is 0. The first-order valence-electron chi connectivity index (χ1n) is 4.02. The largest absolute Gasteiger partial charge is 0.508 e. The van der Waals surface area contributed by atoms with Crippen molar-refractivity contribution in [3.05, 3.63) is 0 Å². The first kappa shape index (κ1) is 5.97. The molecule has 1 N–H and O–H groups in total. The normalized spacial score (nSPS) is 13.4. The molecule has 0 rings (SSSR count). The van der Waals surface area contributed by atoms with Crippen LogP contribution in [-0.4, -0.2) is 32.9 Å². The van der Waals surface area contributed by atoms with Crippen molar-refractivity contribution in [2.45, 2.75) is 6.92 Å². The molecule has 0 fully saturated rings. The van der Waals surface area contributed by atoms with E-state index < -0.39 is 12.7 Å². The third-order valence-electron chi connectivity index (χ3n) is 0.667. The van der Waals surface area contributed by atoms with Gasteiger partial charge in [-0.15, -0.1) is 0 Å². The molecule has 0 unspecified atom stereocenters. The van der Waals surface area contributed by atoms with Gasteiger partial charge in [0.1, 0.15) is 6.56 Å². The van der Waals surface area contributed by atoms with Gasteiger partial charge in [0.05, 0.1) is 9.35 Å². The number of nitrogens with one attached hydrogen (secondary N) is 1. The highest BCUT2D eigenvalue weighted by atomic mass is 16.7. The molecule has 4 heteroatoms. The molecule has 0 bridgehead atoms. The van der Waals surface area contributed by atoms with Gasteiger partial charge in [-0.05, 0) is 14.0 Å². The average Bonchev–Trinajstić information content (AvgIpc) is 1.85. The summed E-state index contributed by atoms with van der Waals surface area (Å²) in [6.45, 7) is -0.282. The van der Waals surface area contributed by atoms with Crippen LogP contribution in [0.3, 0.4) is 0 Å². The highest BCUT2D eigenvalue weighted by Crippen LogP contribution is 1.82. The van der Waals surface area contributed by atoms with E-state index in [0.29, 0.717) is 0 Å². The van der Waals surface area contributed by atoms with Gasteiger partial charge in [0.2, 0.25) is 0 Å². The topological polar surface area (TPSA) is 47.6 Å². The van der Waals surface area contributed by atoms with Gasteiger partial charge in [-0.1, -0.05) is 0 Å². The molecular formula is C6H13NO3. The number of ether oxygens (including phenoxy) is 2. The monoisotopic (exact) mass is 149 g/mol. The lowest BCUT2D eigenvalue weighted by atomic mass is 10.7. The second-order valence-corrected chi connectivity index (χ2v) is 1.46. The fraction of sp³-hybridized carbons (Fsp3) is 0.833. The summed E-state index contributed by atoms with van der Waals surface area (Å²) in [4.78, 5) is 10.6. The molecule has 0 saturated carbocycles. The highest BCUT2D eigenvalue weighted by molar-refractivity contribution is 5.59. The smallest absolute Gasteiger partial charge is 0.435 e. The summed E-state index contributed by atoms with van der Waals surface area (Å²) >= 11 is 0. The fourth-order valence-corrected chi connectivity index (χ4v) is 0.314. The summed E-state index contributed by atoms with van der Waals surface area (Å²) in [5, 5.41) is 2.55. The zero-order valence-electron chi connectivity index (χ0n) is 8.14.